The summed E-state index contributed by atoms with van der Waals surface area (Å²) in [5.41, 5.74) is 3.10. The molecular formula is C23H15BrClN3O5. The van der Waals surface area contributed by atoms with Crippen LogP contribution in [0.1, 0.15) is 21.5 Å². The van der Waals surface area contributed by atoms with Gasteiger partial charge in [0, 0.05) is 32.8 Å². The minimum Gasteiger partial charge on any atom is -0.415 e. The highest BCUT2D eigenvalue weighted by molar-refractivity contribution is 9.10. The number of carbonyl (C=O) groups is 2. The molecule has 0 saturated heterocycles. The monoisotopic (exact) mass is 527 g/mol. The molecule has 33 heavy (non-hydrogen) atoms. The molecule has 8 nitrogen and oxygen atoms in total. The molecule has 0 unspecified atom stereocenters. The van der Waals surface area contributed by atoms with E-state index in [-0.39, 0.29) is 11.3 Å². The van der Waals surface area contributed by atoms with Crippen LogP contribution in [0.25, 0.3) is 6.08 Å². The molecule has 0 atom stereocenters. The molecule has 166 valence electrons. The summed E-state index contributed by atoms with van der Waals surface area (Å²) in [6.07, 6.45) is 3.78. The minimum absolute atomic E-state index is 0.133. The van der Waals surface area contributed by atoms with Gasteiger partial charge in [0.15, 0.2) is 0 Å². The molecule has 0 bridgehead atoms. The molecule has 3 aromatic carbocycles. The van der Waals surface area contributed by atoms with Crippen LogP contribution in [0.2, 0.25) is 5.02 Å². The van der Waals surface area contributed by atoms with Gasteiger partial charge >= 0.3 is 11.7 Å². The number of nitro benzene ring substituents is 1. The summed E-state index contributed by atoms with van der Waals surface area (Å²) in [6.45, 7) is 0. The number of nitro groups is 1. The molecule has 0 spiro atoms. The zero-order valence-corrected chi connectivity index (χ0v) is 19.1. The Kier molecular flexibility index (Phi) is 8.06. The SMILES string of the molecule is O=C(/C=C/c1ccc(Cl)cc1)Oc1c(/C=N/NC(=O)c2ccc(Br)cc2)cccc1[N+](=O)[O-]. The molecule has 0 radical (unpaired) electrons. The standard InChI is InChI=1S/C23H15BrClN3O5/c24-18-9-7-16(8-10-18)23(30)27-26-14-17-2-1-3-20(28(31)32)22(17)33-21(29)13-6-15-4-11-19(25)12-5-15/h1-14H,(H,27,30)/b13-6+,26-14+. The average Bonchev–Trinajstić information content (AvgIpc) is 2.79. The summed E-state index contributed by atoms with van der Waals surface area (Å²) in [5.74, 6) is -1.60. The molecule has 0 aromatic heterocycles. The van der Waals surface area contributed by atoms with E-state index in [1.807, 2.05) is 0 Å². The summed E-state index contributed by atoms with van der Waals surface area (Å²) < 4.78 is 6.05. The number of halogens is 2. The number of ether oxygens (including phenoxy) is 1. The normalized spacial score (nSPS) is 11.0. The number of hydrogen-bond acceptors (Lipinski definition) is 6. The van der Waals surface area contributed by atoms with Gasteiger partial charge in [-0.15, -0.1) is 0 Å². The maximum atomic E-state index is 12.3. The van der Waals surface area contributed by atoms with Crippen LogP contribution in [-0.4, -0.2) is 23.0 Å². The first-order chi connectivity index (χ1) is 15.8. The van der Waals surface area contributed by atoms with Gasteiger partial charge in [0.2, 0.25) is 5.75 Å². The Bertz CT molecular complexity index is 1240. The Balaban J connectivity index is 1.77. The van der Waals surface area contributed by atoms with E-state index >= 15 is 0 Å². The van der Waals surface area contributed by atoms with Crippen molar-refractivity contribution in [2.24, 2.45) is 5.10 Å². The van der Waals surface area contributed by atoms with Gasteiger partial charge in [-0.2, -0.15) is 5.10 Å². The molecule has 0 fully saturated rings. The van der Waals surface area contributed by atoms with Crippen molar-refractivity contribution in [3.63, 3.8) is 0 Å². The first-order valence-corrected chi connectivity index (χ1v) is 10.5. The Morgan fingerprint density at radius 1 is 1.06 bits per heavy atom. The smallest absolute Gasteiger partial charge is 0.336 e. The van der Waals surface area contributed by atoms with Crippen molar-refractivity contribution < 1.29 is 19.2 Å². The Labute approximate surface area is 201 Å². The largest absolute Gasteiger partial charge is 0.415 e. The van der Waals surface area contributed by atoms with Crippen molar-refractivity contribution in [3.8, 4) is 5.75 Å². The fraction of sp³-hybridized carbons (Fsp3) is 0. The first kappa shape index (κ1) is 23.8. The Hall–Kier alpha value is -3.82. The molecule has 1 N–H and O–H groups in total. The van der Waals surface area contributed by atoms with Crippen molar-refractivity contribution >= 4 is 57.4 Å². The summed E-state index contributed by atoms with van der Waals surface area (Å²) in [4.78, 5) is 35.2. The number of nitrogens with one attached hydrogen (secondary N) is 1. The first-order valence-electron chi connectivity index (χ1n) is 9.35. The quantitative estimate of drug-likeness (QED) is 0.110. The highest BCUT2D eigenvalue weighted by Crippen LogP contribution is 2.30. The Morgan fingerprint density at radius 3 is 2.42 bits per heavy atom. The zero-order valence-electron chi connectivity index (χ0n) is 16.8. The maximum absolute atomic E-state index is 12.3. The number of esters is 1. The van der Waals surface area contributed by atoms with Crippen molar-refractivity contribution in [2.75, 3.05) is 0 Å². The van der Waals surface area contributed by atoms with Crippen molar-refractivity contribution in [2.45, 2.75) is 0 Å². The van der Waals surface area contributed by atoms with Crippen LogP contribution in [0.3, 0.4) is 0 Å². The van der Waals surface area contributed by atoms with Crippen LogP contribution in [0, 0.1) is 10.1 Å². The van der Waals surface area contributed by atoms with Gasteiger partial charge in [0.25, 0.3) is 5.91 Å². The lowest BCUT2D eigenvalue weighted by Gasteiger charge is -2.06. The fourth-order valence-electron chi connectivity index (χ4n) is 2.60. The number of rotatable bonds is 7. The molecular weight excluding hydrogens is 514 g/mol. The highest BCUT2D eigenvalue weighted by Gasteiger charge is 2.20. The van der Waals surface area contributed by atoms with E-state index in [0.717, 1.165) is 16.8 Å². The molecule has 0 saturated carbocycles. The van der Waals surface area contributed by atoms with E-state index in [9.17, 15) is 19.7 Å². The third kappa shape index (κ3) is 6.83. The third-order valence-electron chi connectivity index (χ3n) is 4.18. The highest BCUT2D eigenvalue weighted by atomic mass is 79.9. The van der Waals surface area contributed by atoms with Crippen LogP contribution < -0.4 is 10.2 Å². The molecule has 0 heterocycles. The van der Waals surface area contributed by atoms with Crippen LogP contribution in [0.15, 0.2) is 82.4 Å². The lowest BCUT2D eigenvalue weighted by Crippen LogP contribution is -2.17. The van der Waals surface area contributed by atoms with E-state index in [2.05, 4.69) is 26.5 Å². The van der Waals surface area contributed by atoms with Crippen molar-refractivity contribution in [1.29, 1.82) is 0 Å². The second-order valence-corrected chi connectivity index (χ2v) is 7.82. The molecule has 0 aliphatic heterocycles. The summed E-state index contributed by atoms with van der Waals surface area (Å²) in [5, 5.41) is 15.8. The van der Waals surface area contributed by atoms with Gasteiger partial charge in [-0.05, 0) is 54.1 Å². The molecule has 1 amide bonds. The van der Waals surface area contributed by atoms with Crippen LogP contribution in [-0.2, 0) is 4.79 Å². The van der Waals surface area contributed by atoms with E-state index < -0.39 is 22.5 Å². The van der Waals surface area contributed by atoms with E-state index in [1.165, 1.54) is 24.3 Å². The number of hydrogen-bond donors (Lipinski definition) is 1. The van der Waals surface area contributed by atoms with E-state index in [1.54, 1.807) is 48.5 Å². The van der Waals surface area contributed by atoms with Gasteiger partial charge in [0.1, 0.15) is 0 Å². The van der Waals surface area contributed by atoms with Gasteiger partial charge in [-0.1, -0.05) is 45.7 Å². The van der Waals surface area contributed by atoms with Crippen molar-refractivity contribution in [1.82, 2.24) is 5.43 Å². The number of benzene rings is 3. The predicted molar refractivity (Wildman–Crippen MR) is 128 cm³/mol. The fourth-order valence-corrected chi connectivity index (χ4v) is 2.99. The van der Waals surface area contributed by atoms with E-state index in [0.29, 0.717) is 16.1 Å². The van der Waals surface area contributed by atoms with Crippen LogP contribution in [0.5, 0.6) is 5.75 Å². The summed E-state index contributed by atoms with van der Waals surface area (Å²) >= 11 is 9.11. The second-order valence-electron chi connectivity index (χ2n) is 6.46. The summed E-state index contributed by atoms with van der Waals surface area (Å²) in [7, 11) is 0. The molecule has 10 heteroatoms. The number of para-hydroxylation sites is 1. The molecule has 0 aliphatic carbocycles. The lowest BCUT2D eigenvalue weighted by atomic mass is 10.2. The van der Waals surface area contributed by atoms with Crippen molar-refractivity contribution in [3.05, 3.63) is 109 Å². The predicted octanol–water partition coefficient (Wildman–Crippen LogP) is 5.39. The lowest BCUT2D eigenvalue weighted by molar-refractivity contribution is -0.385. The number of carbonyl (C=O) groups excluding carboxylic acids is 2. The van der Waals surface area contributed by atoms with E-state index in [4.69, 9.17) is 16.3 Å². The van der Waals surface area contributed by atoms with Gasteiger partial charge in [-0.25, -0.2) is 10.2 Å². The molecule has 0 aliphatic rings. The van der Waals surface area contributed by atoms with Crippen LogP contribution >= 0.6 is 27.5 Å². The maximum Gasteiger partial charge on any atom is 0.336 e. The number of hydrazone groups is 1. The summed E-state index contributed by atoms with van der Waals surface area (Å²) in [6, 6.07) is 17.4. The molecule has 3 aromatic rings. The minimum atomic E-state index is -0.826. The average molecular weight is 529 g/mol. The zero-order chi connectivity index (χ0) is 23.8. The topological polar surface area (TPSA) is 111 Å². The number of nitrogens with zero attached hydrogens (tertiary/aromatic N) is 2. The van der Waals surface area contributed by atoms with Gasteiger partial charge < -0.3 is 4.74 Å². The van der Waals surface area contributed by atoms with Crippen LogP contribution in [0.4, 0.5) is 5.69 Å². The van der Waals surface area contributed by atoms with Gasteiger partial charge in [0.05, 0.1) is 11.1 Å². The number of amides is 1. The molecule has 3 rings (SSSR count). The Morgan fingerprint density at radius 2 is 1.76 bits per heavy atom. The third-order valence-corrected chi connectivity index (χ3v) is 4.96. The second kappa shape index (κ2) is 11.2. The van der Waals surface area contributed by atoms with Gasteiger partial charge in [-0.3, -0.25) is 14.9 Å².